The van der Waals surface area contributed by atoms with Crippen LogP contribution in [0.2, 0.25) is 0 Å². The molecule has 4 aromatic carbocycles. The van der Waals surface area contributed by atoms with Crippen molar-refractivity contribution in [1.29, 1.82) is 0 Å². The van der Waals surface area contributed by atoms with E-state index in [1.54, 1.807) is 11.8 Å². The maximum absolute atomic E-state index is 11.2. The van der Waals surface area contributed by atoms with E-state index < -0.39 is 0 Å². The van der Waals surface area contributed by atoms with Crippen LogP contribution >= 0.6 is 11.8 Å². The number of benzene rings is 4. The molecule has 3 nitrogen and oxygen atoms in total. The van der Waals surface area contributed by atoms with Crippen molar-refractivity contribution in [3.63, 3.8) is 0 Å². The molecule has 0 aliphatic rings. The third-order valence-corrected chi connectivity index (χ3v) is 6.86. The highest BCUT2D eigenvalue weighted by molar-refractivity contribution is 7.98. The highest BCUT2D eigenvalue weighted by Gasteiger charge is 2.11. The molecule has 0 atom stereocenters. The summed E-state index contributed by atoms with van der Waals surface area (Å²) in [5, 5.41) is 2.29. The van der Waals surface area contributed by atoms with E-state index in [1.807, 2.05) is 18.2 Å². The molecule has 33 heavy (non-hydrogen) atoms. The van der Waals surface area contributed by atoms with E-state index in [1.165, 1.54) is 23.8 Å². The van der Waals surface area contributed by atoms with Crippen molar-refractivity contribution >= 4 is 39.7 Å². The largest absolute Gasteiger partial charge is 0.469 e. The number of methoxy groups -OCH3 is 1. The fourth-order valence-electron chi connectivity index (χ4n) is 4.06. The molecule has 0 unspecified atom stereocenters. The Hall–Kier alpha value is -3.50. The highest BCUT2D eigenvalue weighted by Crippen LogP contribution is 2.36. The molecular formula is C29H24O3S. The third kappa shape index (κ3) is 4.53. The van der Waals surface area contributed by atoms with Crippen LogP contribution in [0.5, 0.6) is 0 Å². The Morgan fingerprint density at radius 2 is 1.45 bits per heavy atom. The Labute approximate surface area is 197 Å². The molecule has 0 spiro atoms. The molecule has 0 aliphatic heterocycles. The summed E-state index contributed by atoms with van der Waals surface area (Å²) in [4.78, 5) is 11.2. The minimum absolute atomic E-state index is 0.155. The summed E-state index contributed by atoms with van der Waals surface area (Å²) in [5.41, 5.74) is 7.71. The third-order valence-electron chi connectivity index (χ3n) is 5.83. The van der Waals surface area contributed by atoms with Gasteiger partial charge in [-0.05, 0) is 28.3 Å². The number of thioether (sulfide) groups is 1. The first-order chi connectivity index (χ1) is 16.2. The van der Waals surface area contributed by atoms with Gasteiger partial charge in [-0.1, -0.05) is 84.9 Å². The van der Waals surface area contributed by atoms with Crippen molar-refractivity contribution in [2.24, 2.45) is 0 Å². The van der Waals surface area contributed by atoms with Crippen LogP contribution in [0.4, 0.5) is 0 Å². The zero-order valence-corrected chi connectivity index (χ0v) is 19.2. The molecule has 5 aromatic rings. The van der Waals surface area contributed by atoms with Gasteiger partial charge in [0.25, 0.3) is 0 Å². The van der Waals surface area contributed by atoms with Crippen LogP contribution < -0.4 is 0 Å². The number of carbonyl (C=O) groups is 1. The van der Waals surface area contributed by atoms with Crippen molar-refractivity contribution in [2.45, 2.75) is 12.2 Å². The minimum atomic E-state index is -0.155. The van der Waals surface area contributed by atoms with Crippen LogP contribution in [-0.4, -0.2) is 18.8 Å². The Balaban J connectivity index is 1.32. The van der Waals surface area contributed by atoms with E-state index in [2.05, 4.69) is 77.5 Å². The lowest BCUT2D eigenvalue weighted by molar-refractivity contribution is -0.140. The normalized spacial score (nSPS) is 11.2. The highest BCUT2D eigenvalue weighted by atomic mass is 32.2. The van der Waals surface area contributed by atoms with Crippen LogP contribution in [0, 0.1) is 0 Å². The molecule has 1 aromatic heterocycles. The van der Waals surface area contributed by atoms with Crippen LogP contribution in [0.25, 0.3) is 44.2 Å². The molecule has 0 N–H and O–H groups in total. The molecule has 4 heteroatoms. The fraction of sp³-hybridized carbons (Fsp3) is 0.138. The van der Waals surface area contributed by atoms with E-state index in [4.69, 9.17) is 4.42 Å². The molecule has 164 valence electrons. The second-order valence-electron chi connectivity index (χ2n) is 7.93. The van der Waals surface area contributed by atoms with Crippen LogP contribution in [0.3, 0.4) is 0 Å². The van der Waals surface area contributed by atoms with Gasteiger partial charge in [0, 0.05) is 27.8 Å². The topological polar surface area (TPSA) is 39.4 Å². The van der Waals surface area contributed by atoms with Crippen molar-refractivity contribution in [3.8, 4) is 22.3 Å². The van der Waals surface area contributed by atoms with Gasteiger partial charge < -0.3 is 9.15 Å². The van der Waals surface area contributed by atoms with Gasteiger partial charge >= 0.3 is 5.97 Å². The van der Waals surface area contributed by atoms with Gasteiger partial charge in [0.1, 0.15) is 11.2 Å². The van der Waals surface area contributed by atoms with Gasteiger partial charge in [0.15, 0.2) is 0 Å². The van der Waals surface area contributed by atoms with Crippen LogP contribution in [0.15, 0.2) is 95.4 Å². The fourth-order valence-corrected chi connectivity index (χ4v) is 4.94. The Bertz CT molecular complexity index is 1400. The number of fused-ring (bicyclic) bond motifs is 3. The Morgan fingerprint density at radius 3 is 2.21 bits per heavy atom. The van der Waals surface area contributed by atoms with Crippen molar-refractivity contribution in [1.82, 2.24) is 0 Å². The van der Waals surface area contributed by atoms with Crippen molar-refractivity contribution in [2.75, 3.05) is 12.9 Å². The summed E-state index contributed by atoms with van der Waals surface area (Å²) in [6, 6.07) is 31.8. The summed E-state index contributed by atoms with van der Waals surface area (Å²) in [5.74, 6) is 1.50. The van der Waals surface area contributed by atoms with Crippen LogP contribution in [-0.2, 0) is 15.3 Å². The monoisotopic (exact) mass is 452 g/mol. The molecule has 1 heterocycles. The number of esters is 1. The van der Waals surface area contributed by atoms with Gasteiger partial charge in [-0.3, -0.25) is 4.79 Å². The average Bonchev–Trinajstić information content (AvgIpc) is 3.26. The quantitative estimate of drug-likeness (QED) is 0.187. The predicted molar refractivity (Wildman–Crippen MR) is 137 cm³/mol. The van der Waals surface area contributed by atoms with E-state index in [0.29, 0.717) is 6.42 Å². The smallest absolute Gasteiger partial charge is 0.306 e. The lowest BCUT2D eigenvalue weighted by Gasteiger charge is -2.07. The molecule has 0 aliphatic carbocycles. The Morgan fingerprint density at radius 1 is 0.788 bits per heavy atom. The van der Waals surface area contributed by atoms with E-state index in [0.717, 1.165) is 44.6 Å². The number of ether oxygens (including phenoxy) is 1. The molecule has 0 saturated heterocycles. The summed E-state index contributed by atoms with van der Waals surface area (Å²) in [6.45, 7) is 0. The first-order valence-electron chi connectivity index (χ1n) is 11.0. The van der Waals surface area contributed by atoms with E-state index >= 15 is 0 Å². The predicted octanol–water partition coefficient (Wildman–Crippen LogP) is 7.72. The van der Waals surface area contributed by atoms with Gasteiger partial charge in [0.2, 0.25) is 0 Å². The second kappa shape index (κ2) is 9.55. The van der Waals surface area contributed by atoms with Gasteiger partial charge in [-0.15, -0.1) is 0 Å². The first-order valence-corrected chi connectivity index (χ1v) is 12.1. The molecule has 0 bridgehead atoms. The van der Waals surface area contributed by atoms with Crippen LogP contribution in [0.1, 0.15) is 12.0 Å². The second-order valence-corrected chi connectivity index (χ2v) is 9.04. The average molecular weight is 453 g/mol. The summed E-state index contributed by atoms with van der Waals surface area (Å²) in [6.07, 6.45) is 0.452. The minimum Gasteiger partial charge on any atom is -0.469 e. The Kier molecular flexibility index (Phi) is 6.18. The SMILES string of the molecule is COC(=O)CCSCc1ccc(-c2ccc(-c3cccc4c3oc3ccccc34)cc2)cc1. The van der Waals surface area contributed by atoms with Crippen molar-refractivity contribution < 1.29 is 13.9 Å². The lowest BCUT2D eigenvalue weighted by atomic mass is 9.98. The maximum atomic E-state index is 11.2. The number of carbonyl (C=O) groups excluding carboxylic acids is 1. The summed E-state index contributed by atoms with van der Waals surface area (Å²) < 4.78 is 10.9. The zero-order chi connectivity index (χ0) is 22.6. The zero-order valence-electron chi connectivity index (χ0n) is 18.4. The molecule has 0 radical (unpaired) electrons. The molecule has 0 amide bonds. The number of para-hydroxylation sites is 2. The van der Waals surface area contributed by atoms with Crippen molar-refractivity contribution in [3.05, 3.63) is 96.6 Å². The number of rotatable bonds is 7. The molecule has 0 fully saturated rings. The van der Waals surface area contributed by atoms with Gasteiger partial charge in [0.05, 0.1) is 13.5 Å². The first kappa shape index (κ1) is 21.4. The van der Waals surface area contributed by atoms with E-state index in [-0.39, 0.29) is 5.97 Å². The number of furan rings is 1. The van der Waals surface area contributed by atoms with E-state index in [9.17, 15) is 4.79 Å². The molecule has 5 rings (SSSR count). The van der Waals surface area contributed by atoms with Gasteiger partial charge in [-0.2, -0.15) is 11.8 Å². The van der Waals surface area contributed by atoms with Gasteiger partial charge in [-0.25, -0.2) is 0 Å². The maximum Gasteiger partial charge on any atom is 0.306 e. The summed E-state index contributed by atoms with van der Waals surface area (Å²) >= 11 is 1.74. The number of hydrogen-bond donors (Lipinski definition) is 0. The lowest BCUT2D eigenvalue weighted by Crippen LogP contribution is -2.01. The molecular weight excluding hydrogens is 428 g/mol. The number of hydrogen-bond acceptors (Lipinski definition) is 4. The standard InChI is InChI=1S/C29H24O3S/c1-31-28(30)17-18-33-19-20-9-11-21(12-10-20)22-13-15-23(16-14-22)24-6-4-7-26-25-5-2-3-8-27(25)32-29(24)26/h2-16H,17-19H2,1H3. The summed E-state index contributed by atoms with van der Waals surface area (Å²) in [7, 11) is 1.43. The molecule has 0 saturated carbocycles.